The summed E-state index contributed by atoms with van der Waals surface area (Å²) in [6.07, 6.45) is 5.22. The van der Waals surface area contributed by atoms with Crippen LogP contribution in [0.2, 0.25) is 0 Å². The number of likely N-dealkylation sites (tertiary alicyclic amines) is 2. The number of hydrogen-bond donors (Lipinski definition) is 3. The lowest BCUT2D eigenvalue weighted by Gasteiger charge is -2.38. The van der Waals surface area contributed by atoms with E-state index in [1.165, 1.54) is 25.9 Å². The number of methoxy groups -OCH3 is 1. The van der Waals surface area contributed by atoms with Gasteiger partial charge in [0.1, 0.15) is 5.82 Å². The highest BCUT2D eigenvalue weighted by Gasteiger charge is 2.29. The van der Waals surface area contributed by atoms with Crippen LogP contribution in [0.5, 0.6) is 11.6 Å². The van der Waals surface area contributed by atoms with Gasteiger partial charge in [0.05, 0.1) is 25.6 Å². The molecule has 0 radical (unpaired) electrons. The van der Waals surface area contributed by atoms with Crippen LogP contribution in [-0.4, -0.2) is 90.8 Å². The first-order valence-electron chi connectivity index (χ1n) is 12.3. The molecule has 0 spiro atoms. The Hall–Kier alpha value is -3.34. The number of carbonyl (C=O) groups is 1. The molecule has 3 N–H and O–H groups in total. The largest absolute Gasteiger partial charge is 0.488 e. The molecule has 11 nitrogen and oxygen atoms in total. The molecule has 0 atom stereocenters. The van der Waals surface area contributed by atoms with Gasteiger partial charge in [-0.15, -0.1) is 0 Å². The summed E-state index contributed by atoms with van der Waals surface area (Å²) in [7, 11) is 3.24. The number of carbonyl (C=O) groups excluding carboxylic acids is 1. The van der Waals surface area contributed by atoms with E-state index in [-0.39, 0.29) is 6.03 Å². The zero-order valence-corrected chi connectivity index (χ0v) is 20.8. The minimum absolute atomic E-state index is 0.0336. The van der Waals surface area contributed by atoms with Crippen molar-refractivity contribution in [1.82, 2.24) is 30.1 Å². The van der Waals surface area contributed by atoms with E-state index in [9.17, 15) is 4.79 Å². The number of nitrogens with one attached hydrogen (secondary N) is 3. The normalized spacial score (nSPS) is 16.0. The van der Waals surface area contributed by atoms with Crippen molar-refractivity contribution in [3.63, 3.8) is 0 Å². The van der Waals surface area contributed by atoms with E-state index < -0.39 is 0 Å². The number of ether oxygens (including phenoxy) is 2. The van der Waals surface area contributed by atoms with Gasteiger partial charge in [-0.25, -0.2) is 14.8 Å². The van der Waals surface area contributed by atoms with E-state index >= 15 is 0 Å². The summed E-state index contributed by atoms with van der Waals surface area (Å²) in [5, 5.41) is 9.24. The second-order valence-electron chi connectivity index (χ2n) is 9.03. The summed E-state index contributed by atoms with van der Waals surface area (Å²) < 4.78 is 11.4. The highest BCUT2D eigenvalue weighted by atomic mass is 16.5. The molecular formula is C24H36N8O3. The molecule has 2 aromatic heterocycles. The van der Waals surface area contributed by atoms with Crippen molar-refractivity contribution in [2.45, 2.75) is 26.2 Å². The molecule has 4 heterocycles. The lowest BCUT2D eigenvalue weighted by molar-refractivity contribution is 0.128. The van der Waals surface area contributed by atoms with Gasteiger partial charge in [0.15, 0.2) is 5.75 Å². The second kappa shape index (κ2) is 11.9. The fourth-order valence-electron chi connectivity index (χ4n) is 4.35. The van der Waals surface area contributed by atoms with Crippen LogP contribution in [0.3, 0.4) is 0 Å². The van der Waals surface area contributed by atoms with Crippen molar-refractivity contribution in [3.05, 3.63) is 24.0 Å². The molecule has 2 aromatic rings. The highest BCUT2D eigenvalue weighted by Crippen LogP contribution is 2.29. The first kappa shape index (κ1) is 24.8. The van der Waals surface area contributed by atoms with Crippen LogP contribution in [0.4, 0.5) is 22.2 Å². The zero-order chi connectivity index (χ0) is 24.6. The van der Waals surface area contributed by atoms with Gasteiger partial charge in [-0.3, -0.25) is 0 Å². The van der Waals surface area contributed by atoms with Gasteiger partial charge >= 0.3 is 6.03 Å². The molecule has 0 unspecified atom stereocenters. The van der Waals surface area contributed by atoms with Crippen molar-refractivity contribution in [2.75, 3.05) is 70.7 Å². The topological polar surface area (TPSA) is 117 Å². The van der Waals surface area contributed by atoms with Gasteiger partial charge in [-0.2, -0.15) is 4.98 Å². The zero-order valence-electron chi connectivity index (χ0n) is 20.8. The Morgan fingerprint density at radius 2 is 2.00 bits per heavy atom. The molecule has 11 heteroatoms. The number of pyridine rings is 1. The average Bonchev–Trinajstić information content (AvgIpc) is 3.34. The molecule has 190 valence electrons. The van der Waals surface area contributed by atoms with Gasteiger partial charge in [0, 0.05) is 57.0 Å². The Morgan fingerprint density at radius 3 is 2.74 bits per heavy atom. The van der Waals surface area contributed by atoms with Crippen LogP contribution in [0, 0.1) is 12.8 Å². The summed E-state index contributed by atoms with van der Waals surface area (Å²) in [6.45, 7) is 8.16. The molecule has 2 aliphatic heterocycles. The Balaban J connectivity index is 1.31. The molecule has 0 saturated carbocycles. The van der Waals surface area contributed by atoms with Gasteiger partial charge in [0.2, 0.25) is 5.95 Å². The predicted octanol–water partition coefficient (Wildman–Crippen LogP) is 2.48. The van der Waals surface area contributed by atoms with E-state index in [0.29, 0.717) is 30.1 Å². The maximum absolute atomic E-state index is 11.6. The molecular weight excluding hydrogens is 448 g/mol. The number of anilines is 3. The van der Waals surface area contributed by atoms with Gasteiger partial charge in [-0.05, 0) is 39.3 Å². The van der Waals surface area contributed by atoms with E-state index in [0.717, 1.165) is 49.8 Å². The lowest BCUT2D eigenvalue weighted by Crippen LogP contribution is -2.54. The lowest BCUT2D eigenvalue weighted by atomic mass is 10.0. The smallest absolute Gasteiger partial charge is 0.317 e. The molecule has 2 saturated heterocycles. The molecule has 35 heavy (non-hydrogen) atoms. The fraction of sp³-hybridized carbons (Fsp3) is 0.583. The average molecular weight is 485 g/mol. The summed E-state index contributed by atoms with van der Waals surface area (Å²) in [4.78, 5) is 29.3. The highest BCUT2D eigenvalue weighted by molar-refractivity contribution is 5.74. The molecule has 0 aromatic carbocycles. The van der Waals surface area contributed by atoms with Crippen molar-refractivity contribution in [3.8, 4) is 11.6 Å². The van der Waals surface area contributed by atoms with Crippen LogP contribution >= 0.6 is 0 Å². The first-order valence-corrected chi connectivity index (χ1v) is 12.3. The monoisotopic (exact) mass is 484 g/mol. The molecule has 4 rings (SSSR count). The van der Waals surface area contributed by atoms with Crippen molar-refractivity contribution >= 4 is 23.5 Å². The Bertz CT molecular complexity index is 993. The van der Waals surface area contributed by atoms with Crippen molar-refractivity contribution < 1.29 is 14.3 Å². The SMILES string of the molecule is CNC(=O)N1CC(CNc2cc(C)nc(Nc3cnc(OC)c(OCCCN4CCCC4)c3)n2)C1. The number of hydrogen-bond acceptors (Lipinski definition) is 9. The number of amides is 2. The Kier molecular flexibility index (Phi) is 8.40. The standard InChI is InChI=1S/C24H36N8O3/c1-17-11-21(26-13-18-15-32(16-18)24(33)25-2)30-23(28-17)29-19-12-20(22(34-3)27-14-19)35-10-6-9-31-7-4-5-8-31/h11-12,14,18H,4-10,13,15-16H2,1-3H3,(H,25,33)(H2,26,28,29,30). The summed E-state index contributed by atoms with van der Waals surface area (Å²) in [5.41, 5.74) is 1.56. The Morgan fingerprint density at radius 1 is 1.20 bits per heavy atom. The van der Waals surface area contributed by atoms with E-state index in [1.54, 1.807) is 25.3 Å². The Labute approximate surface area is 206 Å². The van der Waals surface area contributed by atoms with Crippen LogP contribution < -0.4 is 25.4 Å². The fourth-order valence-corrected chi connectivity index (χ4v) is 4.35. The van der Waals surface area contributed by atoms with Gasteiger partial charge < -0.3 is 35.2 Å². The number of nitrogens with zero attached hydrogens (tertiary/aromatic N) is 5. The summed E-state index contributed by atoms with van der Waals surface area (Å²) >= 11 is 0. The van der Waals surface area contributed by atoms with Crippen LogP contribution in [-0.2, 0) is 0 Å². The van der Waals surface area contributed by atoms with Gasteiger partial charge in [-0.1, -0.05) is 0 Å². The number of aromatic nitrogens is 3. The number of rotatable bonds is 11. The van der Waals surface area contributed by atoms with Crippen molar-refractivity contribution in [2.24, 2.45) is 5.92 Å². The quantitative estimate of drug-likeness (QED) is 0.414. The van der Waals surface area contributed by atoms with E-state index in [1.807, 2.05) is 19.1 Å². The van der Waals surface area contributed by atoms with E-state index in [2.05, 4.69) is 35.8 Å². The molecule has 0 bridgehead atoms. The first-order chi connectivity index (χ1) is 17.0. The maximum Gasteiger partial charge on any atom is 0.317 e. The summed E-state index contributed by atoms with van der Waals surface area (Å²) in [5.74, 6) is 2.65. The van der Waals surface area contributed by atoms with Crippen LogP contribution in [0.1, 0.15) is 25.0 Å². The van der Waals surface area contributed by atoms with Crippen molar-refractivity contribution in [1.29, 1.82) is 0 Å². The van der Waals surface area contributed by atoms with Crippen LogP contribution in [0.15, 0.2) is 18.3 Å². The third-order valence-corrected chi connectivity index (χ3v) is 6.23. The minimum atomic E-state index is -0.0336. The molecule has 2 aliphatic rings. The molecule has 2 amide bonds. The number of urea groups is 1. The second-order valence-corrected chi connectivity index (χ2v) is 9.03. The molecule has 2 fully saturated rings. The molecule has 0 aliphatic carbocycles. The third kappa shape index (κ3) is 6.84. The summed E-state index contributed by atoms with van der Waals surface area (Å²) in [6, 6.07) is 3.73. The van der Waals surface area contributed by atoms with Crippen LogP contribution in [0.25, 0.3) is 0 Å². The maximum atomic E-state index is 11.6. The minimum Gasteiger partial charge on any atom is -0.488 e. The number of aryl methyl sites for hydroxylation is 1. The van der Waals surface area contributed by atoms with E-state index in [4.69, 9.17) is 9.47 Å². The third-order valence-electron chi connectivity index (χ3n) is 6.23. The predicted molar refractivity (Wildman–Crippen MR) is 135 cm³/mol. The van der Waals surface area contributed by atoms with Gasteiger partial charge in [0.25, 0.3) is 5.88 Å².